The van der Waals surface area contributed by atoms with Crippen molar-refractivity contribution in [3.05, 3.63) is 54.6 Å². The van der Waals surface area contributed by atoms with Gasteiger partial charge in [0.15, 0.2) is 0 Å². The van der Waals surface area contributed by atoms with Crippen molar-refractivity contribution >= 4 is 11.6 Å². The quantitative estimate of drug-likeness (QED) is 0.827. The van der Waals surface area contributed by atoms with E-state index in [1.54, 1.807) is 12.3 Å². The lowest BCUT2D eigenvalue weighted by atomic mass is 10.2. The van der Waals surface area contributed by atoms with Crippen molar-refractivity contribution in [3.8, 4) is 0 Å². The van der Waals surface area contributed by atoms with Crippen LogP contribution < -0.4 is 4.90 Å². The Bertz CT molecular complexity index is 565. The van der Waals surface area contributed by atoms with E-state index >= 15 is 0 Å². The molecule has 1 aliphatic heterocycles. The summed E-state index contributed by atoms with van der Waals surface area (Å²) < 4.78 is 0. The van der Waals surface area contributed by atoms with Crippen LogP contribution in [0.25, 0.3) is 0 Å². The molecule has 1 aromatic heterocycles. The van der Waals surface area contributed by atoms with Gasteiger partial charge in [-0.1, -0.05) is 18.2 Å². The van der Waals surface area contributed by atoms with Gasteiger partial charge in [-0.15, -0.1) is 0 Å². The summed E-state index contributed by atoms with van der Waals surface area (Å²) in [6.07, 6.45) is 3.01. The minimum Gasteiger partial charge on any atom is -0.368 e. The summed E-state index contributed by atoms with van der Waals surface area (Å²) >= 11 is 0. The molecule has 0 N–H and O–H groups in total. The Labute approximate surface area is 117 Å². The average molecular weight is 268 g/mol. The zero-order valence-corrected chi connectivity index (χ0v) is 11.1. The first-order chi connectivity index (χ1) is 9.84. The van der Waals surface area contributed by atoms with Gasteiger partial charge in [-0.25, -0.2) is 9.97 Å². The zero-order chi connectivity index (χ0) is 13.8. The molecule has 0 saturated carbocycles. The molecule has 0 aliphatic carbocycles. The van der Waals surface area contributed by atoms with Crippen LogP contribution in [0.4, 0.5) is 5.69 Å². The predicted molar refractivity (Wildman–Crippen MR) is 76.6 cm³/mol. The Morgan fingerprint density at radius 3 is 2.40 bits per heavy atom. The first-order valence-electron chi connectivity index (χ1n) is 6.70. The SMILES string of the molecule is O=C(c1ccncn1)N1CCN(c2ccccc2)CC1. The topological polar surface area (TPSA) is 49.3 Å². The number of rotatable bonds is 2. The van der Waals surface area contributed by atoms with Gasteiger partial charge in [-0.05, 0) is 18.2 Å². The number of nitrogens with zero attached hydrogens (tertiary/aromatic N) is 4. The van der Waals surface area contributed by atoms with E-state index in [4.69, 9.17) is 0 Å². The molecule has 1 fully saturated rings. The number of carbonyl (C=O) groups excluding carboxylic acids is 1. The van der Waals surface area contributed by atoms with Crippen LogP contribution in [0, 0.1) is 0 Å². The number of hydrogen-bond donors (Lipinski definition) is 0. The summed E-state index contributed by atoms with van der Waals surface area (Å²) in [6.45, 7) is 3.14. The second-order valence-corrected chi connectivity index (χ2v) is 4.71. The van der Waals surface area contributed by atoms with E-state index in [0.717, 1.165) is 26.2 Å². The molecule has 1 amide bonds. The Hall–Kier alpha value is -2.43. The molecule has 2 heterocycles. The summed E-state index contributed by atoms with van der Waals surface area (Å²) in [7, 11) is 0. The lowest BCUT2D eigenvalue weighted by molar-refractivity contribution is 0.0740. The smallest absolute Gasteiger partial charge is 0.272 e. The van der Waals surface area contributed by atoms with Gasteiger partial charge in [0.2, 0.25) is 0 Å². The van der Waals surface area contributed by atoms with E-state index in [1.807, 2.05) is 23.1 Å². The fraction of sp³-hybridized carbons (Fsp3) is 0.267. The number of benzene rings is 1. The van der Waals surface area contributed by atoms with E-state index in [2.05, 4.69) is 27.0 Å². The number of anilines is 1. The highest BCUT2D eigenvalue weighted by Gasteiger charge is 2.22. The maximum absolute atomic E-state index is 12.3. The molecule has 0 bridgehead atoms. The lowest BCUT2D eigenvalue weighted by Crippen LogP contribution is -2.49. The monoisotopic (exact) mass is 268 g/mol. The Morgan fingerprint density at radius 2 is 1.75 bits per heavy atom. The largest absolute Gasteiger partial charge is 0.368 e. The second-order valence-electron chi connectivity index (χ2n) is 4.71. The van der Waals surface area contributed by atoms with Crippen LogP contribution in [0.15, 0.2) is 48.9 Å². The summed E-state index contributed by atoms with van der Waals surface area (Å²) in [5.41, 5.74) is 1.68. The Morgan fingerprint density at radius 1 is 1.00 bits per heavy atom. The van der Waals surface area contributed by atoms with Crippen LogP contribution in [0.5, 0.6) is 0 Å². The fourth-order valence-electron chi connectivity index (χ4n) is 2.39. The molecule has 2 aromatic rings. The number of hydrogen-bond acceptors (Lipinski definition) is 4. The predicted octanol–water partition coefficient (Wildman–Crippen LogP) is 1.44. The van der Waals surface area contributed by atoms with Gasteiger partial charge in [0.25, 0.3) is 5.91 Å². The van der Waals surface area contributed by atoms with Crippen molar-refractivity contribution in [3.63, 3.8) is 0 Å². The van der Waals surface area contributed by atoms with Gasteiger partial charge in [-0.3, -0.25) is 4.79 Å². The number of para-hydroxylation sites is 1. The molecular weight excluding hydrogens is 252 g/mol. The summed E-state index contributed by atoms with van der Waals surface area (Å²) in [5.74, 6) is -0.0138. The Kier molecular flexibility index (Phi) is 3.58. The molecule has 20 heavy (non-hydrogen) atoms. The summed E-state index contributed by atoms with van der Waals surface area (Å²) in [4.78, 5) is 24.3. The van der Waals surface area contributed by atoms with E-state index in [9.17, 15) is 4.79 Å². The number of piperazine rings is 1. The minimum atomic E-state index is -0.0138. The molecule has 0 atom stereocenters. The summed E-state index contributed by atoms with van der Waals surface area (Å²) in [5, 5.41) is 0. The van der Waals surface area contributed by atoms with Crippen LogP contribution in [-0.2, 0) is 0 Å². The van der Waals surface area contributed by atoms with Crippen LogP contribution in [0.2, 0.25) is 0 Å². The highest BCUT2D eigenvalue weighted by Crippen LogP contribution is 2.16. The highest BCUT2D eigenvalue weighted by atomic mass is 16.2. The van der Waals surface area contributed by atoms with Gasteiger partial charge in [0.1, 0.15) is 12.0 Å². The molecule has 0 spiro atoms. The van der Waals surface area contributed by atoms with Gasteiger partial charge in [0.05, 0.1) is 0 Å². The second kappa shape index (κ2) is 5.69. The molecular formula is C15H16N4O. The van der Waals surface area contributed by atoms with Crippen molar-refractivity contribution in [2.24, 2.45) is 0 Å². The van der Waals surface area contributed by atoms with Crippen LogP contribution >= 0.6 is 0 Å². The maximum Gasteiger partial charge on any atom is 0.272 e. The minimum absolute atomic E-state index is 0.0138. The van der Waals surface area contributed by atoms with Crippen molar-refractivity contribution in [2.45, 2.75) is 0 Å². The fourth-order valence-corrected chi connectivity index (χ4v) is 2.39. The first kappa shape index (κ1) is 12.6. The molecule has 1 aliphatic rings. The van der Waals surface area contributed by atoms with Crippen molar-refractivity contribution in [1.29, 1.82) is 0 Å². The van der Waals surface area contributed by atoms with Gasteiger partial charge >= 0.3 is 0 Å². The van der Waals surface area contributed by atoms with Crippen LogP contribution in [0.1, 0.15) is 10.5 Å². The molecule has 0 unspecified atom stereocenters. The number of carbonyl (C=O) groups is 1. The number of aromatic nitrogens is 2. The Balaban J connectivity index is 1.63. The maximum atomic E-state index is 12.3. The van der Waals surface area contributed by atoms with Crippen molar-refractivity contribution in [2.75, 3.05) is 31.1 Å². The lowest BCUT2D eigenvalue weighted by Gasteiger charge is -2.35. The van der Waals surface area contributed by atoms with Crippen LogP contribution in [0.3, 0.4) is 0 Å². The molecule has 1 saturated heterocycles. The van der Waals surface area contributed by atoms with Gasteiger partial charge in [0, 0.05) is 38.1 Å². The summed E-state index contributed by atoms with van der Waals surface area (Å²) in [6, 6.07) is 11.9. The van der Waals surface area contributed by atoms with Gasteiger partial charge < -0.3 is 9.80 Å². The molecule has 3 rings (SSSR count). The average Bonchev–Trinajstić information content (AvgIpc) is 2.56. The molecule has 102 valence electrons. The third kappa shape index (κ3) is 2.61. The number of amides is 1. The van der Waals surface area contributed by atoms with E-state index in [-0.39, 0.29) is 5.91 Å². The highest BCUT2D eigenvalue weighted by molar-refractivity contribution is 5.92. The van der Waals surface area contributed by atoms with Crippen LogP contribution in [-0.4, -0.2) is 47.0 Å². The van der Waals surface area contributed by atoms with Crippen molar-refractivity contribution < 1.29 is 4.79 Å². The normalized spacial score (nSPS) is 15.2. The molecule has 0 radical (unpaired) electrons. The molecule has 5 heteroatoms. The van der Waals surface area contributed by atoms with E-state index in [0.29, 0.717) is 5.69 Å². The zero-order valence-electron chi connectivity index (χ0n) is 11.1. The standard InChI is InChI=1S/C15H16N4O/c20-15(14-6-7-16-12-17-14)19-10-8-18(9-11-19)13-4-2-1-3-5-13/h1-7,12H,8-11H2. The van der Waals surface area contributed by atoms with E-state index < -0.39 is 0 Å². The first-order valence-corrected chi connectivity index (χ1v) is 6.70. The third-order valence-electron chi connectivity index (χ3n) is 3.49. The molecule has 5 nitrogen and oxygen atoms in total. The van der Waals surface area contributed by atoms with Crippen molar-refractivity contribution in [1.82, 2.24) is 14.9 Å². The van der Waals surface area contributed by atoms with Gasteiger partial charge in [-0.2, -0.15) is 0 Å². The third-order valence-corrected chi connectivity index (χ3v) is 3.49. The van der Waals surface area contributed by atoms with E-state index in [1.165, 1.54) is 12.0 Å². The molecule has 1 aromatic carbocycles.